The SMILES string of the molecule is C=C(C(=O)O)[C@H]1CC=C(C)[C@@H]2CCC(C)=C[C@H]12. The molecule has 0 spiro atoms. The number of aliphatic carboxylic acids is 1. The summed E-state index contributed by atoms with van der Waals surface area (Å²) in [5.74, 6) is 0.0979. The average molecular weight is 232 g/mol. The zero-order chi connectivity index (χ0) is 12.6. The quantitative estimate of drug-likeness (QED) is 0.584. The molecule has 0 aromatic carbocycles. The minimum atomic E-state index is -0.849. The summed E-state index contributed by atoms with van der Waals surface area (Å²) in [6.45, 7) is 8.08. The highest BCUT2D eigenvalue weighted by molar-refractivity contribution is 5.86. The van der Waals surface area contributed by atoms with Gasteiger partial charge in [-0.3, -0.25) is 0 Å². The molecule has 92 valence electrons. The van der Waals surface area contributed by atoms with E-state index < -0.39 is 5.97 Å². The lowest BCUT2D eigenvalue weighted by Crippen LogP contribution is -2.31. The van der Waals surface area contributed by atoms with E-state index >= 15 is 0 Å². The van der Waals surface area contributed by atoms with Crippen LogP contribution in [0.25, 0.3) is 0 Å². The molecule has 3 atom stereocenters. The van der Waals surface area contributed by atoms with Crippen molar-refractivity contribution in [2.45, 2.75) is 33.1 Å². The molecule has 0 aromatic rings. The van der Waals surface area contributed by atoms with Crippen molar-refractivity contribution in [3.05, 3.63) is 35.5 Å². The first kappa shape index (κ1) is 12.2. The summed E-state index contributed by atoms with van der Waals surface area (Å²) in [6, 6.07) is 0. The van der Waals surface area contributed by atoms with Crippen molar-refractivity contribution in [2.75, 3.05) is 0 Å². The van der Waals surface area contributed by atoms with Crippen molar-refractivity contribution >= 4 is 5.97 Å². The number of carboxylic acids is 1. The van der Waals surface area contributed by atoms with Crippen LogP contribution in [0.1, 0.15) is 33.1 Å². The molecule has 17 heavy (non-hydrogen) atoms. The van der Waals surface area contributed by atoms with Crippen LogP contribution in [0.15, 0.2) is 35.5 Å². The van der Waals surface area contributed by atoms with E-state index in [1.165, 1.54) is 11.1 Å². The normalized spacial score (nSPS) is 32.2. The lowest BCUT2D eigenvalue weighted by atomic mass is 9.65. The molecule has 0 saturated heterocycles. The van der Waals surface area contributed by atoms with Crippen LogP contribution in [0.2, 0.25) is 0 Å². The number of hydrogen-bond donors (Lipinski definition) is 1. The zero-order valence-corrected chi connectivity index (χ0v) is 10.6. The third-order valence-electron chi connectivity index (χ3n) is 4.26. The molecular formula is C15H20O2. The van der Waals surface area contributed by atoms with Crippen molar-refractivity contribution in [3.8, 4) is 0 Å². The van der Waals surface area contributed by atoms with Crippen molar-refractivity contribution in [3.63, 3.8) is 0 Å². The molecule has 1 N–H and O–H groups in total. The minimum Gasteiger partial charge on any atom is -0.478 e. The number of rotatable bonds is 2. The van der Waals surface area contributed by atoms with Crippen LogP contribution in [0, 0.1) is 17.8 Å². The second-order valence-electron chi connectivity index (χ2n) is 5.36. The molecule has 0 radical (unpaired) electrons. The fourth-order valence-corrected chi connectivity index (χ4v) is 3.19. The van der Waals surface area contributed by atoms with Crippen LogP contribution < -0.4 is 0 Å². The first-order valence-electron chi connectivity index (χ1n) is 6.26. The first-order valence-corrected chi connectivity index (χ1v) is 6.26. The number of fused-ring (bicyclic) bond motifs is 1. The minimum absolute atomic E-state index is 0.0800. The first-order chi connectivity index (χ1) is 8.00. The van der Waals surface area contributed by atoms with Gasteiger partial charge in [0.15, 0.2) is 0 Å². The fraction of sp³-hybridized carbons (Fsp3) is 0.533. The van der Waals surface area contributed by atoms with Crippen molar-refractivity contribution in [1.29, 1.82) is 0 Å². The van der Waals surface area contributed by atoms with Crippen LogP contribution in [0.4, 0.5) is 0 Å². The van der Waals surface area contributed by atoms with E-state index in [-0.39, 0.29) is 5.92 Å². The third-order valence-corrected chi connectivity index (χ3v) is 4.26. The summed E-state index contributed by atoms with van der Waals surface area (Å²) >= 11 is 0. The van der Waals surface area contributed by atoms with E-state index in [9.17, 15) is 4.79 Å². The second-order valence-corrected chi connectivity index (χ2v) is 5.36. The predicted molar refractivity (Wildman–Crippen MR) is 68.6 cm³/mol. The largest absolute Gasteiger partial charge is 0.478 e. The third kappa shape index (κ3) is 2.21. The molecule has 0 aliphatic heterocycles. The fourth-order valence-electron chi connectivity index (χ4n) is 3.19. The van der Waals surface area contributed by atoms with Crippen molar-refractivity contribution in [1.82, 2.24) is 0 Å². The van der Waals surface area contributed by atoms with Crippen molar-refractivity contribution in [2.24, 2.45) is 17.8 Å². The lowest BCUT2D eigenvalue weighted by molar-refractivity contribution is -0.133. The molecule has 2 aliphatic rings. The summed E-state index contributed by atoms with van der Waals surface area (Å²) in [7, 11) is 0. The highest BCUT2D eigenvalue weighted by Crippen LogP contribution is 2.44. The molecule has 2 heteroatoms. The lowest BCUT2D eigenvalue weighted by Gasteiger charge is -2.39. The highest BCUT2D eigenvalue weighted by Gasteiger charge is 2.36. The van der Waals surface area contributed by atoms with E-state index in [1.54, 1.807) is 0 Å². The summed E-state index contributed by atoms with van der Waals surface area (Å²) in [4.78, 5) is 11.1. The summed E-state index contributed by atoms with van der Waals surface area (Å²) in [5.41, 5.74) is 3.19. The Bertz CT molecular complexity index is 415. The van der Waals surface area contributed by atoms with Gasteiger partial charge in [-0.05, 0) is 44.9 Å². The molecule has 0 amide bonds. The molecule has 0 fully saturated rings. The molecule has 2 aliphatic carbocycles. The Balaban J connectivity index is 2.32. The molecular weight excluding hydrogens is 212 g/mol. The smallest absolute Gasteiger partial charge is 0.331 e. The molecule has 0 aromatic heterocycles. The van der Waals surface area contributed by atoms with Crippen molar-refractivity contribution < 1.29 is 9.90 Å². The Kier molecular flexibility index (Phi) is 3.23. The van der Waals surface area contributed by atoms with Gasteiger partial charge in [-0.25, -0.2) is 4.79 Å². The predicted octanol–water partition coefficient (Wildman–Crippen LogP) is 3.57. The maximum Gasteiger partial charge on any atom is 0.331 e. The van der Waals surface area contributed by atoms with Gasteiger partial charge < -0.3 is 5.11 Å². The topological polar surface area (TPSA) is 37.3 Å². The molecule has 2 rings (SSSR count). The maximum atomic E-state index is 11.1. The van der Waals surface area contributed by atoms with Gasteiger partial charge in [-0.15, -0.1) is 0 Å². The van der Waals surface area contributed by atoms with E-state index in [2.05, 4.69) is 32.6 Å². The number of carboxylic acid groups (broad SMARTS) is 1. The Hall–Kier alpha value is -1.31. The Morgan fingerprint density at radius 2 is 2.18 bits per heavy atom. The van der Waals surface area contributed by atoms with E-state index in [0.29, 0.717) is 17.4 Å². The molecule has 0 heterocycles. The Labute approximate surface area is 103 Å². The van der Waals surface area contributed by atoms with Gasteiger partial charge in [-0.1, -0.05) is 29.9 Å². The number of allylic oxidation sites excluding steroid dienone is 4. The standard InChI is InChI=1S/C15H20O2/c1-9-4-6-12-10(2)5-7-13(14(12)8-9)11(3)15(16)17/h5,8,12-14H,3-4,6-7H2,1-2H3,(H,16,17)/t12-,13+,14-/m0/s1. The molecule has 0 saturated carbocycles. The molecule has 0 bridgehead atoms. The van der Waals surface area contributed by atoms with Gasteiger partial charge in [0.1, 0.15) is 0 Å². The van der Waals surface area contributed by atoms with E-state index in [1.807, 2.05) is 0 Å². The van der Waals surface area contributed by atoms with Crippen LogP contribution >= 0.6 is 0 Å². The summed E-state index contributed by atoms with van der Waals surface area (Å²) in [5, 5.41) is 9.12. The van der Waals surface area contributed by atoms with Gasteiger partial charge in [-0.2, -0.15) is 0 Å². The number of hydrogen-bond acceptors (Lipinski definition) is 1. The van der Waals surface area contributed by atoms with Crippen LogP contribution in [0.3, 0.4) is 0 Å². The van der Waals surface area contributed by atoms with E-state index in [4.69, 9.17) is 5.11 Å². The number of carbonyl (C=O) groups is 1. The van der Waals surface area contributed by atoms with Gasteiger partial charge >= 0.3 is 5.97 Å². The van der Waals surface area contributed by atoms with E-state index in [0.717, 1.165) is 19.3 Å². The van der Waals surface area contributed by atoms with Gasteiger partial charge in [0, 0.05) is 11.5 Å². The monoisotopic (exact) mass is 232 g/mol. The Morgan fingerprint density at radius 3 is 2.82 bits per heavy atom. The average Bonchev–Trinajstić information content (AvgIpc) is 2.28. The maximum absolute atomic E-state index is 11.1. The van der Waals surface area contributed by atoms with Gasteiger partial charge in [0.05, 0.1) is 0 Å². The van der Waals surface area contributed by atoms with Gasteiger partial charge in [0.2, 0.25) is 0 Å². The second kappa shape index (κ2) is 4.52. The zero-order valence-electron chi connectivity index (χ0n) is 10.6. The van der Waals surface area contributed by atoms with Crippen LogP contribution in [-0.2, 0) is 4.79 Å². The van der Waals surface area contributed by atoms with Crippen LogP contribution in [-0.4, -0.2) is 11.1 Å². The molecule has 2 nitrogen and oxygen atoms in total. The Morgan fingerprint density at radius 1 is 1.47 bits per heavy atom. The van der Waals surface area contributed by atoms with Crippen LogP contribution in [0.5, 0.6) is 0 Å². The summed E-state index contributed by atoms with van der Waals surface area (Å²) in [6.07, 6.45) is 7.59. The molecule has 0 unspecified atom stereocenters. The summed E-state index contributed by atoms with van der Waals surface area (Å²) < 4.78 is 0. The highest BCUT2D eigenvalue weighted by atomic mass is 16.4. The van der Waals surface area contributed by atoms with Gasteiger partial charge in [0.25, 0.3) is 0 Å².